The SMILES string of the molecule is COc1ccc(C(C#N)C(=O)c2cncs2)cc1OC. The third-order valence-corrected chi connectivity index (χ3v) is 3.60. The van der Waals surface area contributed by atoms with Crippen molar-refractivity contribution in [3.8, 4) is 17.6 Å². The van der Waals surface area contributed by atoms with Crippen LogP contribution in [-0.4, -0.2) is 25.0 Å². The highest BCUT2D eigenvalue weighted by molar-refractivity contribution is 7.11. The van der Waals surface area contributed by atoms with Crippen LogP contribution in [0, 0.1) is 11.3 Å². The van der Waals surface area contributed by atoms with Crippen LogP contribution >= 0.6 is 11.3 Å². The van der Waals surface area contributed by atoms with Gasteiger partial charge < -0.3 is 9.47 Å². The summed E-state index contributed by atoms with van der Waals surface area (Å²) in [6.45, 7) is 0. The molecule has 0 spiro atoms. The van der Waals surface area contributed by atoms with E-state index in [1.807, 2.05) is 6.07 Å². The van der Waals surface area contributed by atoms with Gasteiger partial charge in [-0.3, -0.25) is 9.78 Å². The van der Waals surface area contributed by atoms with Gasteiger partial charge in [-0.1, -0.05) is 6.07 Å². The number of ketones is 1. The predicted molar refractivity (Wildman–Crippen MR) is 74.3 cm³/mol. The van der Waals surface area contributed by atoms with Crippen LogP contribution in [0.3, 0.4) is 0 Å². The Labute approximate surface area is 120 Å². The normalized spacial score (nSPS) is 11.4. The second-order valence-corrected chi connectivity index (χ2v) is 4.79. The molecule has 20 heavy (non-hydrogen) atoms. The lowest BCUT2D eigenvalue weighted by atomic mass is 9.95. The molecule has 2 aromatic rings. The van der Waals surface area contributed by atoms with Crippen molar-refractivity contribution in [2.45, 2.75) is 5.92 Å². The molecule has 0 radical (unpaired) electrons. The number of methoxy groups -OCH3 is 2. The first-order valence-electron chi connectivity index (χ1n) is 5.75. The number of hydrogen-bond acceptors (Lipinski definition) is 6. The Hall–Kier alpha value is -2.39. The van der Waals surface area contributed by atoms with Crippen molar-refractivity contribution in [3.63, 3.8) is 0 Å². The zero-order chi connectivity index (χ0) is 14.5. The van der Waals surface area contributed by atoms with Gasteiger partial charge in [0.2, 0.25) is 0 Å². The number of nitriles is 1. The average molecular weight is 288 g/mol. The highest BCUT2D eigenvalue weighted by Gasteiger charge is 2.24. The number of ether oxygens (including phenoxy) is 2. The maximum atomic E-state index is 12.3. The van der Waals surface area contributed by atoms with Crippen molar-refractivity contribution in [3.05, 3.63) is 40.3 Å². The summed E-state index contributed by atoms with van der Waals surface area (Å²) in [5.74, 6) is -0.0991. The lowest BCUT2D eigenvalue weighted by Crippen LogP contribution is -2.10. The standard InChI is InChI=1S/C14H12N2O3S/c1-18-11-4-3-9(5-12(11)19-2)10(6-15)14(17)13-7-16-8-20-13/h3-5,7-8,10H,1-2H3. The van der Waals surface area contributed by atoms with E-state index < -0.39 is 5.92 Å². The second kappa shape index (κ2) is 6.17. The fourth-order valence-corrected chi connectivity index (χ4v) is 2.39. The molecule has 5 nitrogen and oxygen atoms in total. The molecule has 0 bridgehead atoms. The van der Waals surface area contributed by atoms with Crippen LogP contribution in [0.15, 0.2) is 29.9 Å². The van der Waals surface area contributed by atoms with Crippen LogP contribution in [-0.2, 0) is 0 Å². The van der Waals surface area contributed by atoms with Crippen LogP contribution in [0.2, 0.25) is 0 Å². The van der Waals surface area contributed by atoms with Crippen molar-refractivity contribution < 1.29 is 14.3 Å². The number of thiazole rings is 1. The quantitative estimate of drug-likeness (QED) is 0.791. The molecule has 6 heteroatoms. The summed E-state index contributed by atoms with van der Waals surface area (Å²) in [5, 5.41) is 9.28. The highest BCUT2D eigenvalue weighted by atomic mass is 32.1. The van der Waals surface area contributed by atoms with Crippen molar-refractivity contribution >= 4 is 17.1 Å². The Morgan fingerprint density at radius 3 is 2.65 bits per heavy atom. The first kappa shape index (κ1) is 14.0. The van der Waals surface area contributed by atoms with E-state index in [2.05, 4.69) is 4.98 Å². The van der Waals surface area contributed by atoms with Gasteiger partial charge in [0.25, 0.3) is 0 Å². The molecule has 0 aliphatic rings. The molecule has 2 rings (SSSR count). The van der Waals surface area contributed by atoms with Crippen LogP contribution in [0.5, 0.6) is 11.5 Å². The minimum absolute atomic E-state index is 0.262. The fraction of sp³-hybridized carbons (Fsp3) is 0.214. The zero-order valence-electron chi connectivity index (χ0n) is 11.0. The molecule has 0 amide bonds. The third kappa shape index (κ3) is 2.63. The van der Waals surface area contributed by atoms with Gasteiger partial charge in [-0.15, -0.1) is 11.3 Å². The van der Waals surface area contributed by atoms with E-state index in [1.165, 1.54) is 31.8 Å². The number of carbonyl (C=O) groups is 1. The van der Waals surface area contributed by atoms with Crippen LogP contribution in [0.25, 0.3) is 0 Å². The molecule has 0 fully saturated rings. The molecule has 0 saturated heterocycles. The van der Waals surface area contributed by atoms with Gasteiger partial charge in [-0.2, -0.15) is 5.26 Å². The minimum atomic E-state index is -0.879. The number of hydrogen-bond donors (Lipinski definition) is 0. The van der Waals surface area contributed by atoms with E-state index >= 15 is 0 Å². The molecule has 0 aliphatic carbocycles. The molecular formula is C14H12N2O3S. The Balaban J connectivity index is 2.38. The topological polar surface area (TPSA) is 72.2 Å². The van der Waals surface area contributed by atoms with E-state index in [4.69, 9.17) is 9.47 Å². The van der Waals surface area contributed by atoms with Gasteiger partial charge in [0.15, 0.2) is 17.3 Å². The molecule has 1 aromatic heterocycles. The predicted octanol–water partition coefficient (Wildman–Crippen LogP) is 2.65. The van der Waals surface area contributed by atoms with Crippen molar-refractivity contribution in [1.29, 1.82) is 5.26 Å². The number of aromatic nitrogens is 1. The number of nitrogens with zero attached hydrogens (tertiary/aromatic N) is 2. The van der Waals surface area contributed by atoms with Crippen molar-refractivity contribution in [2.75, 3.05) is 14.2 Å². The van der Waals surface area contributed by atoms with E-state index in [9.17, 15) is 10.1 Å². The Morgan fingerprint density at radius 2 is 2.10 bits per heavy atom. The molecule has 1 aromatic carbocycles. The molecule has 0 saturated carbocycles. The first-order chi connectivity index (χ1) is 9.71. The minimum Gasteiger partial charge on any atom is -0.493 e. The van der Waals surface area contributed by atoms with E-state index in [-0.39, 0.29) is 5.78 Å². The van der Waals surface area contributed by atoms with E-state index in [0.717, 1.165) is 0 Å². The Bertz CT molecular complexity index is 647. The summed E-state index contributed by atoms with van der Waals surface area (Å²) in [4.78, 5) is 16.6. The van der Waals surface area contributed by atoms with Gasteiger partial charge in [-0.25, -0.2) is 0 Å². The maximum Gasteiger partial charge on any atom is 0.195 e. The monoisotopic (exact) mass is 288 g/mol. The van der Waals surface area contributed by atoms with Crippen LogP contribution < -0.4 is 9.47 Å². The van der Waals surface area contributed by atoms with E-state index in [1.54, 1.807) is 23.7 Å². The summed E-state index contributed by atoms with van der Waals surface area (Å²) in [6, 6.07) is 7.04. The van der Waals surface area contributed by atoms with E-state index in [0.29, 0.717) is 21.9 Å². The Kier molecular flexibility index (Phi) is 4.33. The van der Waals surface area contributed by atoms with Crippen molar-refractivity contribution in [1.82, 2.24) is 4.98 Å². The van der Waals surface area contributed by atoms with Crippen LogP contribution in [0.4, 0.5) is 0 Å². The number of benzene rings is 1. The second-order valence-electron chi connectivity index (χ2n) is 3.91. The summed E-state index contributed by atoms with van der Waals surface area (Å²) < 4.78 is 10.3. The van der Waals surface area contributed by atoms with Gasteiger partial charge >= 0.3 is 0 Å². The van der Waals surface area contributed by atoms with Crippen molar-refractivity contribution in [2.24, 2.45) is 0 Å². The Morgan fingerprint density at radius 1 is 1.35 bits per heavy atom. The molecule has 1 atom stereocenters. The van der Waals surface area contributed by atoms with Gasteiger partial charge in [0.05, 0.1) is 30.7 Å². The van der Waals surface area contributed by atoms with Gasteiger partial charge in [0.1, 0.15) is 5.92 Å². The van der Waals surface area contributed by atoms with Gasteiger partial charge in [0, 0.05) is 6.20 Å². The molecule has 1 unspecified atom stereocenters. The smallest absolute Gasteiger partial charge is 0.195 e. The van der Waals surface area contributed by atoms with Crippen LogP contribution in [0.1, 0.15) is 21.2 Å². The first-order valence-corrected chi connectivity index (χ1v) is 6.63. The maximum absolute atomic E-state index is 12.3. The molecule has 102 valence electrons. The lowest BCUT2D eigenvalue weighted by molar-refractivity contribution is 0.0982. The largest absolute Gasteiger partial charge is 0.493 e. The van der Waals surface area contributed by atoms with Gasteiger partial charge in [-0.05, 0) is 17.7 Å². The average Bonchev–Trinajstić information content (AvgIpc) is 3.01. The fourth-order valence-electron chi connectivity index (χ4n) is 1.80. The summed E-state index contributed by atoms with van der Waals surface area (Å²) in [5.41, 5.74) is 2.14. The highest BCUT2D eigenvalue weighted by Crippen LogP contribution is 2.32. The number of Topliss-reactive ketones (excluding diaryl/α,β-unsaturated/α-hetero) is 1. The molecule has 1 heterocycles. The number of rotatable bonds is 5. The third-order valence-electron chi connectivity index (χ3n) is 2.81. The molecule has 0 aliphatic heterocycles. The summed E-state index contributed by atoms with van der Waals surface area (Å²) in [6.07, 6.45) is 1.47. The zero-order valence-corrected chi connectivity index (χ0v) is 11.8. The number of carbonyl (C=O) groups excluding carboxylic acids is 1. The summed E-state index contributed by atoms with van der Waals surface area (Å²) >= 11 is 1.22. The summed E-state index contributed by atoms with van der Waals surface area (Å²) in [7, 11) is 3.04. The molecule has 0 N–H and O–H groups in total. The molecular weight excluding hydrogens is 276 g/mol. The lowest BCUT2D eigenvalue weighted by Gasteiger charge is -2.12.